The average molecular weight is 360 g/mol. The zero-order valence-corrected chi connectivity index (χ0v) is 15.1. The number of hydrogen-bond donors (Lipinski definition) is 3. The van der Waals surface area contributed by atoms with E-state index in [0.717, 1.165) is 24.3 Å². The molecule has 8 nitrogen and oxygen atoms in total. The molecule has 0 unspecified atom stereocenters. The van der Waals surface area contributed by atoms with E-state index in [1.54, 1.807) is 0 Å². The average Bonchev–Trinajstić information content (AvgIpc) is 2.46. The molecular formula is C14H9NaO8S. The quantitative estimate of drug-likeness (QED) is 0.348. The van der Waals surface area contributed by atoms with Crippen LogP contribution in [-0.2, 0) is 10.1 Å². The van der Waals surface area contributed by atoms with Crippen molar-refractivity contribution in [1.82, 2.24) is 0 Å². The maximum absolute atomic E-state index is 11.3. The summed E-state index contributed by atoms with van der Waals surface area (Å²) in [5.41, 5.74) is -0.702. The van der Waals surface area contributed by atoms with Crippen LogP contribution >= 0.6 is 0 Å². The van der Waals surface area contributed by atoms with Crippen LogP contribution in [0.4, 0.5) is 0 Å². The molecule has 0 radical (unpaired) electrons. The Balaban J connectivity index is 0.00000288. The van der Waals surface area contributed by atoms with Crippen molar-refractivity contribution in [3.63, 3.8) is 0 Å². The molecular weight excluding hydrogens is 351 g/mol. The van der Waals surface area contributed by atoms with Crippen LogP contribution < -0.4 is 34.3 Å². The summed E-state index contributed by atoms with van der Waals surface area (Å²) in [6.45, 7) is 0. The summed E-state index contributed by atoms with van der Waals surface area (Å²) in [7, 11) is -4.60. The van der Waals surface area contributed by atoms with Crippen molar-refractivity contribution in [3.05, 3.63) is 53.6 Å². The van der Waals surface area contributed by atoms with Crippen molar-refractivity contribution in [2.45, 2.75) is 4.90 Å². The molecule has 0 bridgehead atoms. The van der Waals surface area contributed by atoms with E-state index < -0.39 is 27.0 Å². The van der Waals surface area contributed by atoms with Crippen molar-refractivity contribution in [3.8, 4) is 11.5 Å². The SMILES string of the molecule is O=C(O)c1cc(Oc2cc[c-]cc2S(=O)(=O)O)cc(C(=O)O)c1.[Na+]. The Morgan fingerprint density at radius 2 is 1.58 bits per heavy atom. The minimum atomic E-state index is -4.60. The fourth-order valence-corrected chi connectivity index (χ4v) is 2.30. The van der Waals surface area contributed by atoms with Crippen LogP contribution in [0.3, 0.4) is 0 Å². The second-order valence-electron chi connectivity index (χ2n) is 4.31. The summed E-state index contributed by atoms with van der Waals surface area (Å²) >= 11 is 0. The summed E-state index contributed by atoms with van der Waals surface area (Å²) in [6.07, 6.45) is 0. The summed E-state index contributed by atoms with van der Waals surface area (Å²) in [6, 6.07) is 8.88. The Labute approximate surface area is 158 Å². The van der Waals surface area contributed by atoms with Gasteiger partial charge in [-0.2, -0.15) is 18.2 Å². The third-order valence-electron chi connectivity index (χ3n) is 2.69. The van der Waals surface area contributed by atoms with E-state index in [1.165, 1.54) is 12.1 Å². The number of aromatic carboxylic acids is 2. The Morgan fingerprint density at radius 1 is 1.04 bits per heavy atom. The van der Waals surface area contributed by atoms with E-state index in [2.05, 4.69) is 6.07 Å². The van der Waals surface area contributed by atoms with E-state index >= 15 is 0 Å². The Hall–Kier alpha value is -1.91. The number of ether oxygens (including phenoxy) is 1. The monoisotopic (exact) mass is 360 g/mol. The van der Waals surface area contributed by atoms with Crippen LogP contribution in [0.5, 0.6) is 11.5 Å². The van der Waals surface area contributed by atoms with Crippen molar-refractivity contribution in [1.29, 1.82) is 0 Å². The molecule has 2 rings (SSSR count). The molecule has 0 aromatic heterocycles. The summed E-state index contributed by atoms with van der Waals surface area (Å²) in [5, 5.41) is 18.0. The van der Waals surface area contributed by atoms with Crippen molar-refractivity contribution >= 4 is 22.1 Å². The molecule has 0 aliphatic rings. The van der Waals surface area contributed by atoms with Gasteiger partial charge in [0.15, 0.2) is 0 Å². The van der Waals surface area contributed by atoms with Gasteiger partial charge in [-0.1, -0.05) is 0 Å². The van der Waals surface area contributed by atoms with Crippen molar-refractivity contribution < 1.29 is 67.1 Å². The van der Waals surface area contributed by atoms with E-state index in [4.69, 9.17) is 19.5 Å². The molecule has 0 heterocycles. The van der Waals surface area contributed by atoms with Crippen LogP contribution in [0.1, 0.15) is 20.7 Å². The van der Waals surface area contributed by atoms with Crippen LogP contribution in [-0.4, -0.2) is 35.1 Å². The molecule has 2 aromatic rings. The van der Waals surface area contributed by atoms with Gasteiger partial charge in [-0.05, 0) is 18.2 Å². The molecule has 0 saturated heterocycles. The molecule has 0 saturated carbocycles. The summed E-state index contributed by atoms with van der Waals surface area (Å²) < 4.78 is 36.9. The van der Waals surface area contributed by atoms with E-state index in [1.807, 2.05) is 0 Å². The third kappa shape index (κ3) is 4.79. The molecule has 0 aliphatic carbocycles. The first-order valence-corrected chi connectivity index (χ1v) is 7.39. The minimum Gasteiger partial charge on any atom is -0.481 e. The first-order chi connectivity index (χ1) is 10.7. The molecule has 0 spiro atoms. The van der Waals surface area contributed by atoms with Crippen LogP contribution in [0.2, 0.25) is 0 Å². The van der Waals surface area contributed by atoms with Gasteiger partial charge in [-0.15, -0.1) is 6.07 Å². The number of hydrogen-bond acceptors (Lipinski definition) is 5. The van der Waals surface area contributed by atoms with Gasteiger partial charge in [-0.3, -0.25) is 4.55 Å². The maximum atomic E-state index is 11.3. The van der Waals surface area contributed by atoms with E-state index in [0.29, 0.717) is 0 Å². The number of carboxylic acids is 2. The minimum absolute atomic E-state index is 0. The largest absolute Gasteiger partial charge is 1.00 e. The van der Waals surface area contributed by atoms with Gasteiger partial charge in [0.1, 0.15) is 5.75 Å². The Kier molecular flexibility index (Phi) is 6.52. The zero-order valence-electron chi connectivity index (χ0n) is 12.3. The fourth-order valence-electron chi connectivity index (χ4n) is 1.72. The molecule has 0 amide bonds. The number of carboxylic acid groups (broad SMARTS) is 2. The van der Waals surface area contributed by atoms with Gasteiger partial charge in [0.25, 0.3) is 0 Å². The Morgan fingerprint density at radius 3 is 2.04 bits per heavy atom. The molecule has 24 heavy (non-hydrogen) atoms. The third-order valence-corrected chi connectivity index (χ3v) is 3.57. The predicted molar refractivity (Wildman–Crippen MR) is 75.5 cm³/mol. The second-order valence-corrected chi connectivity index (χ2v) is 5.70. The van der Waals surface area contributed by atoms with Gasteiger partial charge in [0.2, 0.25) is 10.1 Å². The van der Waals surface area contributed by atoms with Crippen LogP contribution in [0, 0.1) is 6.07 Å². The van der Waals surface area contributed by atoms with Gasteiger partial charge in [-0.25, -0.2) is 18.0 Å². The predicted octanol–water partition coefficient (Wildman–Crippen LogP) is -1.07. The fraction of sp³-hybridized carbons (Fsp3) is 0. The normalized spacial score (nSPS) is 10.5. The van der Waals surface area contributed by atoms with E-state index in [-0.39, 0.29) is 52.2 Å². The van der Waals surface area contributed by atoms with Gasteiger partial charge in [0.05, 0.1) is 11.1 Å². The molecule has 120 valence electrons. The van der Waals surface area contributed by atoms with Crippen LogP contribution in [0.25, 0.3) is 0 Å². The smallest absolute Gasteiger partial charge is 0.481 e. The van der Waals surface area contributed by atoms with Gasteiger partial charge < -0.3 is 14.9 Å². The molecule has 10 heteroatoms. The first kappa shape index (κ1) is 20.1. The van der Waals surface area contributed by atoms with Gasteiger partial charge >= 0.3 is 41.5 Å². The summed E-state index contributed by atoms with van der Waals surface area (Å²) in [4.78, 5) is 21.4. The molecule has 3 N–H and O–H groups in total. The van der Waals surface area contributed by atoms with Gasteiger partial charge in [0, 0.05) is 10.6 Å². The number of benzene rings is 2. The number of rotatable bonds is 5. The molecule has 2 aromatic carbocycles. The topological polar surface area (TPSA) is 138 Å². The Bertz CT molecular complexity index is 859. The second kappa shape index (κ2) is 7.77. The standard InChI is InChI=1S/C14H9O8S.Na/c15-13(16)8-5-9(14(17)18)7-10(6-8)22-11-3-1-2-4-12(11)23(19,20)21;/h1,3-7H,(H,15,16)(H,17,18)(H,19,20,21);/q-1;+1. The van der Waals surface area contributed by atoms with E-state index in [9.17, 15) is 18.0 Å². The number of carbonyl (C=O) groups is 2. The maximum Gasteiger partial charge on any atom is 1.00 e. The molecule has 0 aliphatic heterocycles. The van der Waals surface area contributed by atoms with Crippen molar-refractivity contribution in [2.24, 2.45) is 0 Å². The summed E-state index contributed by atoms with van der Waals surface area (Å²) in [5.74, 6) is -3.27. The molecule has 0 atom stereocenters. The zero-order chi connectivity index (χ0) is 17.2. The first-order valence-electron chi connectivity index (χ1n) is 5.95. The molecule has 0 fully saturated rings. The van der Waals surface area contributed by atoms with Crippen molar-refractivity contribution in [2.75, 3.05) is 0 Å². The van der Waals surface area contributed by atoms with Crippen LogP contribution in [0.15, 0.2) is 41.3 Å².